The highest BCUT2D eigenvalue weighted by Gasteiger charge is 1.96. The fourth-order valence-electron chi connectivity index (χ4n) is 0.574. The Kier molecular flexibility index (Phi) is 1.08. The first-order chi connectivity index (χ1) is 3.72. The van der Waals surface area contributed by atoms with Crippen LogP contribution in [-0.2, 0) is 0 Å². The number of aromatic nitrogens is 2. The Morgan fingerprint density at radius 3 is 2.25 bits per heavy atom. The van der Waals surface area contributed by atoms with Crippen molar-refractivity contribution in [2.45, 2.75) is 13.8 Å². The molecule has 0 fully saturated rings. The molecule has 1 N–H and O–H groups in total. The second-order valence-electron chi connectivity index (χ2n) is 1.91. The minimum Gasteiger partial charge on any atom is -0.282 e. The molecule has 0 amide bonds. The molecule has 0 aliphatic carbocycles. The summed E-state index contributed by atoms with van der Waals surface area (Å²) in [4.78, 5) is 0. The average molecular weight is 109 g/mol. The van der Waals surface area contributed by atoms with Crippen molar-refractivity contribution >= 4 is 0 Å². The van der Waals surface area contributed by atoms with Crippen LogP contribution in [-0.4, -0.2) is 10.2 Å². The quantitative estimate of drug-likeness (QED) is 0.533. The summed E-state index contributed by atoms with van der Waals surface area (Å²) in [5, 5.41) is 6.75. The molecule has 0 saturated heterocycles. The van der Waals surface area contributed by atoms with Crippen molar-refractivity contribution in [2.75, 3.05) is 0 Å². The second-order valence-corrected chi connectivity index (χ2v) is 1.91. The molecular formula is C6H9N2. The zero-order chi connectivity index (χ0) is 6.15. The molecule has 0 atom stereocenters. The molecule has 1 radical (unpaired) electrons. The second kappa shape index (κ2) is 1.62. The van der Waals surface area contributed by atoms with Crippen molar-refractivity contribution < 1.29 is 0 Å². The van der Waals surface area contributed by atoms with E-state index in [0.29, 0.717) is 0 Å². The monoisotopic (exact) mass is 109 g/mol. The average Bonchev–Trinajstić information content (AvgIpc) is 1.98. The summed E-state index contributed by atoms with van der Waals surface area (Å²) in [5.41, 5.74) is 3.06. The third-order valence-electron chi connectivity index (χ3n) is 1.28. The zero-order valence-corrected chi connectivity index (χ0v) is 5.15. The highest BCUT2D eigenvalue weighted by molar-refractivity contribution is 5.25. The van der Waals surface area contributed by atoms with E-state index < -0.39 is 0 Å². The van der Waals surface area contributed by atoms with Gasteiger partial charge >= 0.3 is 0 Å². The van der Waals surface area contributed by atoms with Gasteiger partial charge in [0.1, 0.15) is 0 Å². The molecule has 1 aromatic rings. The fourth-order valence-corrected chi connectivity index (χ4v) is 0.574. The van der Waals surface area contributed by atoms with E-state index >= 15 is 0 Å². The van der Waals surface area contributed by atoms with E-state index in [0.717, 1.165) is 17.0 Å². The number of aryl methyl sites for hydroxylation is 2. The molecule has 0 aliphatic heterocycles. The van der Waals surface area contributed by atoms with Crippen molar-refractivity contribution in [3.05, 3.63) is 23.9 Å². The molecule has 0 spiro atoms. The molecule has 0 aliphatic rings. The van der Waals surface area contributed by atoms with E-state index in [1.54, 1.807) is 0 Å². The molecule has 1 heterocycles. The SMILES string of the molecule is [CH2]c1c(C)n[nH]c1C. The van der Waals surface area contributed by atoms with Crippen molar-refractivity contribution in [2.24, 2.45) is 0 Å². The normalized spacial score (nSPS) is 9.88. The Morgan fingerprint density at radius 2 is 2.12 bits per heavy atom. The smallest absolute Gasteiger partial charge is 0.0626 e. The molecule has 8 heavy (non-hydrogen) atoms. The molecule has 0 aromatic carbocycles. The first-order valence-corrected chi connectivity index (χ1v) is 2.55. The van der Waals surface area contributed by atoms with Crippen LogP contribution < -0.4 is 0 Å². The highest BCUT2D eigenvalue weighted by atomic mass is 15.1. The van der Waals surface area contributed by atoms with E-state index in [1.165, 1.54) is 0 Å². The Morgan fingerprint density at radius 1 is 1.50 bits per heavy atom. The summed E-state index contributed by atoms with van der Waals surface area (Å²) in [7, 11) is 0. The Labute approximate surface area is 48.9 Å². The molecular weight excluding hydrogens is 100 g/mol. The van der Waals surface area contributed by atoms with Gasteiger partial charge in [-0.1, -0.05) is 0 Å². The molecule has 43 valence electrons. The van der Waals surface area contributed by atoms with E-state index in [4.69, 9.17) is 0 Å². The van der Waals surface area contributed by atoms with Gasteiger partial charge in [-0.3, -0.25) is 5.10 Å². The highest BCUT2D eigenvalue weighted by Crippen LogP contribution is 2.04. The van der Waals surface area contributed by atoms with E-state index in [9.17, 15) is 0 Å². The Hall–Kier alpha value is -0.790. The molecule has 2 nitrogen and oxygen atoms in total. The predicted octanol–water partition coefficient (Wildman–Crippen LogP) is 1.21. The van der Waals surface area contributed by atoms with Crippen LogP contribution in [0.4, 0.5) is 0 Å². The van der Waals surface area contributed by atoms with E-state index in [2.05, 4.69) is 17.1 Å². The lowest BCUT2D eigenvalue weighted by atomic mass is 10.2. The van der Waals surface area contributed by atoms with Crippen LogP contribution in [0.3, 0.4) is 0 Å². The molecule has 0 saturated carbocycles. The third-order valence-corrected chi connectivity index (χ3v) is 1.28. The summed E-state index contributed by atoms with van der Waals surface area (Å²) in [6.07, 6.45) is 0. The lowest BCUT2D eigenvalue weighted by Crippen LogP contribution is -1.73. The minimum atomic E-state index is 0.988. The first kappa shape index (κ1) is 5.35. The summed E-state index contributed by atoms with van der Waals surface area (Å²) in [5.74, 6) is 0. The standard InChI is InChI=1S/C6H9N2/c1-4-5(2)7-8-6(4)3/h1H2,2-3H3,(H,7,8). The van der Waals surface area contributed by atoms with Gasteiger partial charge in [-0.2, -0.15) is 5.10 Å². The molecule has 1 rings (SSSR count). The van der Waals surface area contributed by atoms with Gasteiger partial charge in [-0.05, 0) is 26.3 Å². The van der Waals surface area contributed by atoms with E-state index in [-0.39, 0.29) is 0 Å². The molecule has 2 heteroatoms. The van der Waals surface area contributed by atoms with Crippen molar-refractivity contribution in [3.8, 4) is 0 Å². The third kappa shape index (κ3) is 0.619. The van der Waals surface area contributed by atoms with Crippen molar-refractivity contribution in [3.63, 3.8) is 0 Å². The summed E-state index contributed by atoms with van der Waals surface area (Å²) < 4.78 is 0. The molecule has 0 unspecified atom stereocenters. The maximum absolute atomic E-state index is 3.93. The van der Waals surface area contributed by atoms with Gasteiger partial charge in [0.15, 0.2) is 0 Å². The fraction of sp³-hybridized carbons (Fsp3) is 0.333. The zero-order valence-electron chi connectivity index (χ0n) is 5.15. The minimum absolute atomic E-state index is 0.988. The molecule has 1 aromatic heterocycles. The van der Waals surface area contributed by atoms with Gasteiger partial charge in [0, 0.05) is 5.69 Å². The Bertz CT molecular complexity index is 169. The van der Waals surface area contributed by atoms with Crippen LogP contribution in [0, 0.1) is 20.8 Å². The van der Waals surface area contributed by atoms with Crippen LogP contribution in [0.5, 0.6) is 0 Å². The number of hydrogen-bond acceptors (Lipinski definition) is 1. The summed E-state index contributed by atoms with van der Waals surface area (Å²) in [6, 6.07) is 0. The number of hydrogen-bond donors (Lipinski definition) is 1. The number of nitrogens with one attached hydrogen (secondary N) is 1. The van der Waals surface area contributed by atoms with Crippen LogP contribution in [0.15, 0.2) is 0 Å². The van der Waals surface area contributed by atoms with E-state index in [1.807, 2.05) is 13.8 Å². The Balaban J connectivity index is 3.19. The lowest BCUT2D eigenvalue weighted by Gasteiger charge is -1.83. The van der Waals surface area contributed by atoms with Crippen LogP contribution in [0.25, 0.3) is 0 Å². The van der Waals surface area contributed by atoms with Crippen LogP contribution >= 0.6 is 0 Å². The summed E-state index contributed by atoms with van der Waals surface area (Å²) >= 11 is 0. The predicted molar refractivity (Wildman–Crippen MR) is 32.5 cm³/mol. The topological polar surface area (TPSA) is 28.7 Å². The van der Waals surface area contributed by atoms with Crippen LogP contribution in [0.1, 0.15) is 17.0 Å². The van der Waals surface area contributed by atoms with Gasteiger partial charge in [0.25, 0.3) is 0 Å². The first-order valence-electron chi connectivity index (χ1n) is 2.55. The number of rotatable bonds is 0. The molecule has 0 bridgehead atoms. The van der Waals surface area contributed by atoms with Gasteiger partial charge in [0.05, 0.1) is 5.69 Å². The van der Waals surface area contributed by atoms with Crippen LogP contribution in [0.2, 0.25) is 0 Å². The van der Waals surface area contributed by atoms with Gasteiger partial charge in [-0.25, -0.2) is 0 Å². The van der Waals surface area contributed by atoms with Crippen molar-refractivity contribution in [1.82, 2.24) is 10.2 Å². The maximum Gasteiger partial charge on any atom is 0.0626 e. The number of aromatic amines is 1. The maximum atomic E-state index is 3.93. The number of nitrogens with zero attached hydrogens (tertiary/aromatic N) is 1. The number of H-pyrrole nitrogens is 1. The van der Waals surface area contributed by atoms with Gasteiger partial charge < -0.3 is 0 Å². The summed E-state index contributed by atoms with van der Waals surface area (Å²) in [6.45, 7) is 7.68. The lowest BCUT2D eigenvalue weighted by molar-refractivity contribution is 1.02. The van der Waals surface area contributed by atoms with Gasteiger partial charge in [0.2, 0.25) is 0 Å². The van der Waals surface area contributed by atoms with Crippen molar-refractivity contribution in [1.29, 1.82) is 0 Å². The van der Waals surface area contributed by atoms with Gasteiger partial charge in [-0.15, -0.1) is 0 Å². The largest absolute Gasteiger partial charge is 0.282 e.